The van der Waals surface area contributed by atoms with E-state index < -0.39 is 28.7 Å². The van der Waals surface area contributed by atoms with E-state index in [0.717, 1.165) is 19.6 Å². The van der Waals surface area contributed by atoms with Gasteiger partial charge in [0.15, 0.2) is 0 Å². The van der Waals surface area contributed by atoms with Crippen LogP contribution in [-0.4, -0.2) is 44.8 Å². The van der Waals surface area contributed by atoms with Gasteiger partial charge in [-0.3, -0.25) is 14.4 Å². The summed E-state index contributed by atoms with van der Waals surface area (Å²) in [6.07, 6.45) is 0.787. The number of piperidine rings is 1. The molecule has 5 rings (SSSR count). The average Bonchev–Trinajstić information content (AvgIpc) is 3.23. The van der Waals surface area contributed by atoms with Crippen LogP contribution in [0.1, 0.15) is 50.3 Å². The van der Waals surface area contributed by atoms with Crippen LogP contribution in [0, 0.1) is 17.1 Å². The number of hydrogen-bond acceptors (Lipinski definition) is 7. The lowest BCUT2D eigenvalue weighted by Crippen LogP contribution is -2.57. The molecule has 0 atom stereocenters. The van der Waals surface area contributed by atoms with Crippen molar-refractivity contribution in [2.24, 2.45) is 0 Å². The number of anilines is 1. The maximum absolute atomic E-state index is 13.7. The number of rotatable bonds is 5. The van der Waals surface area contributed by atoms with Crippen molar-refractivity contribution in [3.8, 4) is 11.9 Å². The SMILES string of the molecule is CC(C)(C)OC(=O)N1c2cc(OCc3ccc(F)c(C#N)c3)nc(=O)n2CC12CCN(Cc1ccccc1)CC2. The van der Waals surface area contributed by atoms with E-state index >= 15 is 0 Å². The molecule has 0 saturated carbocycles. The number of amides is 1. The minimum Gasteiger partial charge on any atom is -0.473 e. The minimum atomic E-state index is -0.729. The van der Waals surface area contributed by atoms with E-state index in [9.17, 15) is 14.0 Å². The quantitative estimate of drug-likeness (QED) is 0.461. The Morgan fingerprint density at radius 1 is 1.10 bits per heavy atom. The summed E-state index contributed by atoms with van der Waals surface area (Å²) in [5.74, 6) is -0.211. The Kier molecular flexibility index (Phi) is 7.34. The smallest absolute Gasteiger partial charge is 0.416 e. The molecule has 208 valence electrons. The first-order chi connectivity index (χ1) is 19.1. The normalized spacial score (nSPS) is 16.4. The van der Waals surface area contributed by atoms with Gasteiger partial charge in [0.1, 0.15) is 29.9 Å². The summed E-state index contributed by atoms with van der Waals surface area (Å²) in [6.45, 7) is 8.02. The Hall–Kier alpha value is -4.23. The first-order valence-corrected chi connectivity index (χ1v) is 13.3. The highest BCUT2D eigenvalue weighted by Gasteiger charge is 2.51. The fourth-order valence-corrected chi connectivity index (χ4v) is 5.34. The number of aromatic nitrogens is 2. The predicted molar refractivity (Wildman–Crippen MR) is 146 cm³/mol. The van der Waals surface area contributed by atoms with Crippen LogP contribution in [0.25, 0.3) is 0 Å². The third-order valence-corrected chi connectivity index (χ3v) is 7.27. The van der Waals surface area contributed by atoms with Gasteiger partial charge in [-0.25, -0.2) is 14.0 Å². The van der Waals surface area contributed by atoms with Crippen LogP contribution in [0.4, 0.5) is 15.0 Å². The Balaban J connectivity index is 1.40. The summed E-state index contributed by atoms with van der Waals surface area (Å²) >= 11 is 0. The van der Waals surface area contributed by atoms with Gasteiger partial charge >= 0.3 is 11.8 Å². The zero-order valence-corrected chi connectivity index (χ0v) is 22.9. The summed E-state index contributed by atoms with van der Waals surface area (Å²) in [5, 5.41) is 9.10. The molecular formula is C30H32FN5O4. The molecule has 1 aromatic heterocycles. The second-order valence-electron chi connectivity index (χ2n) is 11.3. The molecule has 3 heterocycles. The van der Waals surface area contributed by atoms with Gasteiger partial charge in [-0.15, -0.1) is 0 Å². The van der Waals surface area contributed by atoms with Gasteiger partial charge in [0.25, 0.3) is 0 Å². The van der Waals surface area contributed by atoms with Crippen molar-refractivity contribution in [2.75, 3.05) is 18.0 Å². The predicted octanol–water partition coefficient (Wildman–Crippen LogP) is 4.62. The van der Waals surface area contributed by atoms with E-state index in [0.29, 0.717) is 30.8 Å². The van der Waals surface area contributed by atoms with Crippen molar-refractivity contribution in [3.05, 3.63) is 87.6 Å². The summed E-state index contributed by atoms with van der Waals surface area (Å²) in [6, 6.07) is 17.7. The number of hydrogen-bond donors (Lipinski definition) is 0. The lowest BCUT2D eigenvalue weighted by Gasteiger charge is -2.44. The van der Waals surface area contributed by atoms with Crippen LogP contribution < -0.4 is 15.3 Å². The number of carbonyl (C=O) groups is 1. The number of carbonyl (C=O) groups excluding carboxylic acids is 1. The van der Waals surface area contributed by atoms with Crippen molar-refractivity contribution in [1.82, 2.24) is 14.5 Å². The lowest BCUT2D eigenvalue weighted by atomic mass is 9.86. The first kappa shape index (κ1) is 27.3. The lowest BCUT2D eigenvalue weighted by molar-refractivity contribution is 0.0496. The minimum absolute atomic E-state index is 0.0309. The molecule has 0 N–H and O–H groups in total. The monoisotopic (exact) mass is 545 g/mol. The summed E-state index contributed by atoms with van der Waals surface area (Å²) in [7, 11) is 0. The van der Waals surface area contributed by atoms with Crippen LogP contribution in [0.3, 0.4) is 0 Å². The molecule has 0 aliphatic carbocycles. The summed E-state index contributed by atoms with van der Waals surface area (Å²) in [4.78, 5) is 34.8. The Labute approximate surface area is 232 Å². The summed E-state index contributed by atoms with van der Waals surface area (Å²) < 4.78 is 26.8. The van der Waals surface area contributed by atoms with Gasteiger partial charge in [0.05, 0.1) is 17.6 Å². The molecule has 1 spiro atoms. The molecule has 0 bridgehead atoms. The molecule has 2 aromatic carbocycles. The van der Waals surface area contributed by atoms with E-state index in [-0.39, 0.29) is 18.1 Å². The van der Waals surface area contributed by atoms with E-state index in [1.54, 1.807) is 17.0 Å². The van der Waals surface area contributed by atoms with Gasteiger partial charge in [0.2, 0.25) is 5.88 Å². The molecule has 9 nitrogen and oxygen atoms in total. The third-order valence-electron chi connectivity index (χ3n) is 7.27. The van der Waals surface area contributed by atoms with Crippen LogP contribution in [-0.2, 0) is 24.4 Å². The highest BCUT2D eigenvalue weighted by molar-refractivity contribution is 5.90. The van der Waals surface area contributed by atoms with Gasteiger partial charge in [-0.05, 0) is 56.9 Å². The van der Waals surface area contributed by atoms with Crippen molar-refractivity contribution in [3.63, 3.8) is 0 Å². The topological polar surface area (TPSA) is 101 Å². The molecule has 0 radical (unpaired) electrons. The highest BCUT2D eigenvalue weighted by Crippen LogP contribution is 2.42. The number of fused-ring (bicyclic) bond motifs is 1. The average molecular weight is 546 g/mol. The largest absolute Gasteiger partial charge is 0.473 e. The van der Waals surface area contributed by atoms with E-state index in [1.165, 1.54) is 28.3 Å². The van der Waals surface area contributed by atoms with Crippen LogP contribution in [0.5, 0.6) is 5.88 Å². The molecular weight excluding hydrogens is 513 g/mol. The molecule has 1 fully saturated rings. The molecule has 1 saturated heterocycles. The Morgan fingerprint density at radius 3 is 2.50 bits per heavy atom. The second kappa shape index (κ2) is 10.7. The van der Waals surface area contributed by atoms with Crippen molar-refractivity contribution in [1.29, 1.82) is 5.26 Å². The van der Waals surface area contributed by atoms with Gasteiger partial charge in [-0.1, -0.05) is 36.4 Å². The second-order valence-corrected chi connectivity index (χ2v) is 11.3. The molecule has 3 aromatic rings. The zero-order valence-electron chi connectivity index (χ0n) is 22.9. The fourth-order valence-electron chi connectivity index (χ4n) is 5.34. The van der Waals surface area contributed by atoms with E-state index in [4.69, 9.17) is 14.7 Å². The standard InChI is InChI=1S/C30H32FN5O4/c1-29(2,3)40-28(38)36-26-16-25(39-19-22-9-10-24(31)23(15-22)17-32)33-27(37)35(26)20-30(36)11-13-34(14-12-30)18-21-7-5-4-6-8-21/h4-10,15-16H,11-14,18-20H2,1-3H3. The number of nitrogens with zero attached hydrogens (tertiary/aromatic N) is 5. The van der Waals surface area contributed by atoms with Crippen molar-refractivity contribution < 1.29 is 18.7 Å². The number of halogens is 1. The van der Waals surface area contributed by atoms with E-state index in [2.05, 4.69) is 22.0 Å². The highest BCUT2D eigenvalue weighted by atomic mass is 19.1. The fraction of sp³-hybridized carbons (Fsp3) is 0.400. The number of likely N-dealkylation sites (tertiary alicyclic amines) is 1. The third kappa shape index (κ3) is 5.70. The van der Waals surface area contributed by atoms with Gasteiger partial charge < -0.3 is 9.47 Å². The number of ether oxygens (including phenoxy) is 2. The maximum atomic E-state index is 13.7. The van der Waals surface area contributed by atoms with Gasteiger partial charge in [-0.2, -0.15) is 10.2 Å². The van der Waals surface area contributed by atoms with Crippen molar-refractivity contribution in [2.45, 2.75) is 64.4 Å². The summed E-state index contributed by atoms with van der Waals surface area (Å²) in [5.41, 5.74) is -0.219. The molecule has 2 aliphatic rings. The molecule has 10 heteroatoms. The molecule has 2 aliphatic heterocycles. The number of benzene rings is 2. The Bertz CT molecular complexity index is 1500. The van der Waals surface area contributed by atoms with E-state index in [1.807, 2.05) is 39.0 Å². The molecule has 0 unspecified atom stereocenters. The maximum Gasteiger partial charge on any atom is 0.416 e. The van der Waals surface area contributed by atoms with Crippen LogP contribution in [0.15, 0.2) is 59.4 Å². The first-order valence-electron chi connectivity index (χ1n) is 13.3. The van der Waals surface area contributed by atoms with Crippen LogP contribution in [0.2, 0.25) is 0 Å². The molecule has 1 amide bonds. The van der Waals surface area contributed by atoms with Crippen molar-refractivity contribution >= 4 is 11.9 Å². The van der Waals surface area contributed by atoms with Crippen LogP contribution >= 0.6 is 0 Å². The molecule has 40 heavy (non-hydrogen) atoms. The Morgan fingerprint density at radius 2 is 1.82 bits per heavy atom. The van der Waals surface area contributed by atoms with Gasteiger partial charge in [0, 0.05) is 25.7 Å². The zero-order chi connectivity index (χ0) is 28.5. The number of nitriles is 1.